The normalized spacial score (nSPS) is 13.9. The van der Waals surface area contributed by atoms with Crippen LogP contribution in [0.5, 0.6) is 5.75 Å². The van der Waals surface area contributed by atoms with Crippen molar-refractivity contribution in [2.24, 2.45) is 0 Å². The van der Waals surface area contributed by atoms with E-state index in [1.807, 2.05) is 61.2 Å². The van der Waals surface area contributed by atoms with E-state index in [4.69, 9.17) is 31.4 Å². The molecular formula is C26H27ClN6O2. The maximum absolute atomic E-state index is 13.1. The number of rotatable bonds is 5. The first-order chi connectivity index (χ1) is 17.0. The Labute approximate surface area is 209 Å². The zero-order chi connectivity index (χ0) is 24.5. The highest BCUT2D eigenvalue weighted by atomic mass is 35.5. The molecule has 0 aliphatic carbocycles. The Kier molecular flexibility index (Phi) is 6.30. The number of carbonyl (C=O) groups excluding carboxylic acids is 1. The van der Waals surface area contributed by atoms with Crippen molar-refractivity contribution in [3.05, 3.63) is 70.6 Å². The Morgan fingerprint density at radius 3 is 2.54 bits per heavy atom. The van der Waals surface area contributed by atoms with Gasteiger partial charge in [0.05, 0.1) is 28.9 Å². The molecule has 1 amide bonds. The van der Waals surface area contributed by atoms with Crippen LogP contribution in [0.4, 0.5) is 5.82 Å². The van der Waals surface area contributed by atoms with Gasteiger partial charge in [0.2, 0.25) is 0 Å². The smallest absolute Gasteiger partial charge is 0.254 e. The number of piperazine rings is 1. The van der Waals surface area contributed by atoms with Crippen LogP contribution in [-0.2, 0) is 6.42 Å². The summed E-state index contributed by atoms with van der Waals surface area (Å²) in [6, 6.07) is 14.9. The molecule has 0 unspecified atom stereocenters. The van der Waals surface area contributed by atoms with Gasteiger partial charge in [-0.25, -0.2) is 14.6 Å². The maximum atomic E-state index is 13.1. The molecule has 0 radical (unpaired) electrons. The monoisotopic (exact) mass is 490 g/mol. The first-order valence-electron chi connectivity index (χ1n) is 11.7. The van der Waals surface area contributed by atoms with E-state index in [0.29, 0.717) is 48.9 Å². The summed E-state index contributed by atoms with van der Waals surface area (Å²) in [6.45, 7) is 6.54. The number of anilines is 1. The molecule has 0 saturated carbocycles. The second-order valence-corrected chi connectivity index (χ2v) is 8.88. The largest absolute Gasteiger partial charge is 0.497 e. The zero-order valence-corrected chi connectivity index (χ0v) is 20.8. The molecule has 0 atom stereocenters. The maximum Gasteiger partial charge on any atom is 0.254 e. The van der Waals surface area contributed by atoms with Crippen LogP contribution in [0.3, 0.4) is 0 Å². The molecule has 0 bridgehead atoms. The first kappa shape index (κ1) is 23.1. The summed E-state index contributed by atoms with van der Waals surface area (Å²) in [4.78, 5) is 26.9. The summed E-state index contributed by atoms with van der Waals surface area (Å²) >= 11 is 6.49. The van der Waals surface area contributed by atoms with Crippen LogP contribution in [0.1, 0.15) is 28.8 Å². The number of amides is 1. The highest BCUT2D eigenvalue weighted by Gasteiger charge is 2.27. The summed E-state index contributed by atoms with van der Waals surface area (Å²) in [5.41, 5.74) is 3.00. The van der Waals surface area contributed by atoms with Gasteiger partial charge in [-0.3, -0.25) is 4.79 Å². The molecule has 9 heteroatoms. The van der Waals surface area contributed by atoms with Crippen LogP contribution in [0.15, 0.2) is 48.5 Å². The summed E-state index contributed by atoms with van der Waals surface area (Å²) in [5, 5.41) is 6.30. The molecule has 3 heterocycles. The van der Waals surface area contributed by atoms with E-state index in [0.717, 1.165) is 34.1 Å². The van der Waals surface area contributed by atoms with E-state index in [1.165, 1.54) is 0 Å². The number of nitrogens with zero attached hydrogens (tertiary/aromatic N) is 6. The van der Waals surface area contributed by atoms with Crippen LogP contribution >= 0.6 is 11.6 Å². The third-order valence-electron chi connectivity index (χ3n) is 6.31. The van der Waals surface area contributed by atoms with Crippen LogP contribution in [-0.4, -0.2) is 63.8 Å². The first-order valence-corrected chi connectivity index (χ1v) is 12.1. The van der Waals surface area contributed by atoms with Crippen molar-refractivity contribution < 1.29 is 9.53 Å². The standard InChI is InChI=1S/C26H27ClN6O2/c1-4-22-28-24(23-17(2)30-33(25(23)29-22)21-11-6-5-10-20(21)27)31-12-14-32(15-13-31)26(34)18-8-7-9-19(16-18)35-3/h5-11,16H,4,12-15H2,1-3H3. The van der Waals surface area contributed by atoms with Gasteiger partial charge < -0.3 is 14.5 Å². The fourth-order valence-electron chi connectivity index (χ4n) is 4.44. The molecule has 1 fully saturated rings. The molecule has 0 N–H and O–H groups in total. The summed E-state index contributed by atoms with van der Waals surface area (Å²) in [6.07, 6.45) is 0.698. The molecule has 180 valence electrons. The van der Waals surface area contributed by atoms with Crippen LogP contribution < -0.4 is 9.64 Å². The molecule has 0 spiro atoms. The predicted octanol–water partition coefficient (Wildman–Crippen LogP) is 4.31. The summed E-state index contributed by atoms with van der Waals surface area (Å²) in [7, 11) is 1.60. The SMILES string of the molecule is CCc1nc(N2CCN(C(=O)c3cccc(OC)c3)CC2)c2c(C)nn(-c3ccccc3Cl)c2n1. The van der Waals surface area contributed by atoms with Crippen LogP contribution in [0.25, 0.3) is 16.7 Å². The Morgan fingerprint density at radius 1 is 1.06 bits per heavy atom. The molecule has 35 heavy (non-hydrogen) atoms. The molecule has 2 aromatic carbocycles. The van der Waals surface area contributed by atoms with Crippen LogP contribution in [0, 0.1) is 6.92 Å². The fourth-order valence-corrected chi connectivity index (χ4v) is 4.66. The molecule has 1 aliphatic heterocycles. The lowest BCUT2D eigenvalue weighted by Crippen LogP contribution is -2.49. The van der Waals surface area contributed by atoms with E-state index in [9.17, 15) is 4.79 Å². The number of hydrogen-bond acceptors (Lipinski definition) is 6. The average Bonchev–Trinajstić information content (AvgIpc) is 3.24. The minimum absolute atomic E-state index is 0.00773. The molecular weight excluding hydrogens is 464 g/mol. The lowest BCUT2D eigenvalue weighted by atomic mass is 10.1. The fraction of sp³-hybridized carbons (Fsp3) is 0.308. The molecule has 5 rings (SSSR count). The summed E-state index contributed by atoms with van der Waals surface area (Å²) in [5.74, 6) is 2.29. The number of ether oxygens (including phenoxy) is 1. The number of aryl methyl sites for hydroxylation is 2. The van der Waals surface area contributed by atoms with Crippen molar-refractivity contribution in [3.8, 4) is 11.4 Å². The van der Waals surface area contributed by atoms with Gasteiger partial charge in [-0.2, -0.15) is 5.10 Å². The van der Waals surface area contributed by atoms with Gasteiger partial charge in [-0.1, -0.05) is 36.7 Å². The lowest BCUT2D eigenvalue weighted by molar-refractivity contribution is 0.0746. The van der Waals surface area contributed by atoms with Crippen molar-refractivity contribution in [3.63, 3.8) is 0 Å². The topological polar surface area (TPSA) is 76.4 Å². The van der Waals surface area contributed by atoms with Gasteiger partial charge in [-0.15, -0.1) is 0 Å². The van der Waals surface area contributed by atoms with E-state index in [2.05, 4.69) is 4.90 Å². The molecule has 8 nitrogen and oxygen atoms in total. The molecule has 4 aromatic rings. The second kappa shape index (κ2) is 9.54. The highest BCUT2D eigenvalue weighted by molar-refractivity contribution is 6.32. The van der Waals surface area contributed by atoms with E-state index in [1.54, 1.807) is 17.9 Å². The second-order valence-electron chi connectivity index (χ2n) is 8.48. The van der Waals surface area contributed by atoms with E-state index >= 15 is 0 Å². The Morgan fingerprint density at radius 2 is 1.83 bits per heavy atom. The molecule has 1 saturated heterocycles. The third-order valence-corrected chi connectivity index (χ3v) is 6.63. The van der Waals surface area contributed by atoms with Gasteiger partial charge in [0, 0.05) is 38.2 Å². The molecule has 2 aromatic heterocycles. The van der Waals surface area contributed by atoms with E-state index in [-0.39, 0.29) is 5.91 Å². The Bertz CT molecular complexity index is 1390. The predicted molar refractivity (Wildman–Crippen MR) is 137 cm³/mol. The number of para-hydroxylation sites is 1. The number of hydrogen-bond donors (Lipinski definition) is 0. The lowest BCUT2D eigenvalue weighted by Gasteiger charge is -2.35. The Balaban J connectivity index is 1.46. The summed E-state index contributed by atoms with van der Waals surface area (Å²) < 4.78 is 7.08. The molecule has 1 aliphatic rings. The van der Waals surface area contributed by atoms with Crippen LogP contribution in [0.2, 0.25) is 5.02 Å². The van der Waals surface area contributed by atoms with Crippen molar-refractivity contribution in [2.75, 3.05) is 38.2 Å². The number of benzene rings is 2. The number of aromatic nitrogens is 4. The highest BCUT2D eigenvalue weighted by Crippen LogP contribution is 2.31. The zero-order valence-electron chi connectivity index (χ0n) is 20.0. The number of methoxy groups -OCH3 is 1. The van der Waals surface area contributed by atoms with Gasteiger partial charge in [0.25, 0.3) is 5.91 Å². The minimum Gasteiger partial charge on any atom is -0.497 e. The van der Waals surface area contributed by atoms with Crippen molar-refractivity contribution in [2.45, 2.75) is 20.3 Å². The third kappa shape index (κ3) is 4.30. The van der Waals surface area contributed by atoms with Gasteiger partial charge in [0.1, 0.15) is 17.4 Å². The van der Waals surface area contributed by atoms with Crippen molar-refractivity contribution >= 4 is 34.4 Å². The minimum atomic E-state index is 0.00773. The number of carbonyl (C=O) groups is 1. The Hall–Kier alpha value is -3.65. The van der Waals surface area contributed by atoms with Crippen molar-refractivity contribution in [1.29, 1.82) is 0 Å². The van der Waals surface area contributed by atoms with Crippen molar-refractivity contribution in [1.82, 2.24) is 24.6 Å². The van der Waals surface area contributed by atoms with Gasteiger partial charge >= 0.3 is 0 Å². The number of halogens is 1. The quantitative estimate of drug-likeness (QED) is 0.415. The van der Waals surface area contributed by atoms with Gasteiger partial charge in [0.15, 0.2) is 5.65 Å². The number of fused-ring (bicyclic) bond motifs is 1. The average molecular weight is 491 g/mol. The van der Waals surface area contributed by atoms with Gasteiger partial charge in [-0.05, 0) is 37.3 Å². The van der Waals surface area contributed by atoms with E-state index < -0.39 is 0 Å².